The lowest BCUT2D eigenvalue weighted by Gasteiger charge is -1.99. The number of aryl methyl sites for hydroxylation is 1. The Kier molecular flexibility index (Phi) is 5.56. The molecule has 20 heavy (non-hydrogen) atoms. The largest absolute Gasteiger partial charge is 0.466 e. The Morgan fingerprint density at radius 3 is 2.80 bits per heavy atom. The Balaban J connectivity index is 1.88. The van der Waals surface area contributed by atoms with Crippen molar-refractivity contribution in [3.63, 3.8) is 0 Å². The van der Waals surface area contributed by atoms with E-state index in [-0.39, 0.29) is 5.97 Å². The van der Waals surface area contributed by atoms with Gasteiger partial charge < -0.3 is 4.74 Å². The number of rotatable bonds is 6. The molecule has 0 aliphatic rings. The van der Waals surface area contributed by atoms with Gasteiger partial charge in [0, 0.05) is 23.2 Å². The standard InChI is InChI=1S/C15H16ClNO2S/c1-2-19-15(18)8-7-13-10-20-14(17-13)9-11-3-5-12(16)6-4-11/h3-6,10H,2,7-9H2,1H3. The maximum absolute atomic E-state index is 11.3. The van der Waals surface area contributed by atoms with E-state index in [9.17, 15) is 4.79 Å². The van der Waals surface area contributed by atoms with Crippen molar-refractivity contribution in [2.24, 2.45) is 0 Å². The van der Waals surface area contributed by atoms with Crippen molar-refractivity contribution in [2.75, 3.05) is 6.61 Å². The van der Waals surface area contributed by atoms with Crippen molar-refractivity contribution in [3.05, 3.63) is 50.9 Å². The highest BCUT2D eigenvalue weighted by Crippen LogP contribution is 2.17. The average Bonchev–Trinajstić information content (AvgIpc) is 2.87. The van der Waals surface area contributed by atoms with Gasteiger partial charge in [0.25, 0.3) is 0 Å². The Hall–Kier alpha value is -1.39. The van der Waals surface area contributed by atoms with E-state index < -0.39 is 0 Å². The number of ether oxygens (including phenoxy) is 1. The van der Waals surface area contributed by atoms with Gasteiger partial charge in [-0.05, 0) is 24.6 Å². The van der Waals surface area contributed by atoms with Crippen molar-refractivity contribution in [2.45, 2.75) is 26.2 Å². The Bertz CT molecular complexity index is 566. The SMILES string of the molecule is CCOC(=O)CCc1csc(Cc2ccc(Cl)cc2)n1. The summed E-state index contributed by atoms with van der Waals surface area (Å²) in [6.07, 6.45) is 1.81. The minimum absolute atomic E-state index is 0.167. The summed E-state index contributed by atoms with van der Waals surface area (Å²) in [7, 11) is 0. The maximum atomic E-state index is 11.3. The van der Waals surface area contributed by atoms with Crippen LogP contribution in [-0.4, -0.2) is 17.6 Å². The van der Waals surface area contributed by atoms with E-state index in [1.54, 1.807) is 11.3 Å². The molecule has 1 heterocycles. The van der Waals surface area contributed by atoms with Crippen LogP contribution in [0.5, 0.6) is 0 Å². The van der Waals surface area contributed by atoms with Crippen molar-refractivity contribution in [1.29, 1.82) is 0 Å². The minimum atomic E-state index is -0.167. The molecule has 0 saturated heterocycles. The lowest BCUT2D eigenvalue weighted by Crippen LogP contribution is -2.05. The molecule has 1 aromatic carbocycles. The van der Waals surface area contributed by atoms with Crippen molar-refractivity contribution in [1.82, 2.24) is 4.98 Å². The maximum Gasteiger partial charge on any atom is 0.306 e. The summed E-state index contributed by atoms with van der Waals surface area (Å²) in [5.41, 5.74) is 2.13. The molecule has 0 fully saturated rings. The van der Waals surface area contributed by atoms with E-state index in [1.807, 2.05) is 36.6 Å². The number of benzene rings is 1. The summed E-state index contributed by atoms with van der Waals surface area (Å²) in [4.78, 5) is 15.8. The number of halogens is 1. The van der Waals surface area contributed by atoms with Crippen molar-refractivity contribution < 1.29 is 9.53 Å². The van der Waals surface area contributed by atoms with Gasteiger partial charge in [-0.2, -0.15) is 0 Å². The Morgan fingerprint density at radius 1 is 1.35 bits per heavy atom. The first kappa shape index (κ1) is 15.0. The summed E-state index contributed by atoms with van der Waals surface area (Å²) in [5.74, 6) is -0.167. The molecule has 1 aromatic heterocycles. The molecule has 3 nitrogen and oxygen atoms in total. The molecule has 0 bridgehead atoms. The number of hydrogen-bond donors (Lipinski definition) is 0. The molecule has 0 unspecified atom stereocenters. The van der Waals surface area contributed by atoms with Gasteiger partial charge in [-0.1, -0.05) is 23.7 Å². The predicted octanol–water partition coefficient (Wildman–Crippen LogP) is 3.88. The summed E-state index contributed by atoms with van der Waals surface area (Å²) < 4.78 is 4.90. The van der Waals surface area contributed by atoms with Crippen molar-refractivity contribution in [3.8, 4) is 0 Å². The third-order valence-corrected chi connectivity index (χ3v) is 3.91. The van der Waals surface area contributed by atoms with E-state index >= 15 is 0 Å². The van der Waals surface area contributed by atoms with Crippen molar-refractivity contribution >= 4 is 28.9 Å². The molecule has 0 aliphatic carbocycles. The van der Waals surface area contributed by atoms with Crippen LogP contribution >= 0.6 is 22.9 Å². The van der Waals surface area contributed by atoms with Crippen LogP contribution in [0.4, 0.5) is 0 Å². The zero-order chi connectivity index (χ0) is 14.4. The van der Waals surface area contributed by atoms with Crippen LogP contribution < -0.4 is 0 Å². The highest BCUT2D eigenvalue weighted by atomic mass is 35.5. The van der Waals surface area contributed by atoms with Crippen LogP contribution in [0, 0.1) is 0 Å². The number of esters is 1. The molecule has 0 radical (unpaired) electrons. The number of carbonyl (C=O) groups excluding carboxylic acids is 1. The molecule has 0 amide bonds. The van der Waals surface area contributed by atoms with E-state index in [1.165, 1.54) is 5.56 Å². The van der Waals surface area contributed by atoms with E-state index in [0.717, 1.165) is 22.1 Å². The first-order chi connectivity index (χ1) is 9.67. The minimum Gasteiger partial charge on any atom is -0.466 e. The van der Waals surface area contributed by atoms with Gasteiger partial charge in [-0.3, -0.25) is 4.79 Å². The molecule has 0 atom stereocenters. The summed E-state index contributed by atoms with van der Waals surface area (Å²) in [5, 5.41) is 3.79. The van der Waals surface area contributed by atoms with E-state index in [4.69, 9.17) is 16.3 Å². The molecule has 0 aliphatic heterocycles. The fraction of sp³-hybridized carbons (Fsp3) is 0.333. The molecule has 5 heteroatoms. The summed E-state index contributed by atoms with van der Waals surface area (Å²) in [6.45, 7) is 2.24. The third-order valence-electron chi connectivity index (χ3n) is 2.76. The lowest BCUT2D eigenvalue weighted by molar-refractivity contribution is -0.143. The third kappa shape index (κ3) is 4.62. The van der Waals surface area contributed by atoms with Gasteiger partial charge in [-0.25, -0.2) is 4.98 Å². The first-order valence-electron chi connectivity index (χ1n) is 6.50. The molecular weight excluding hydrogens is 294 g/mol. The number of hydrogen-bond acceptors (Lipinski definition) is 4. The van der Waals surface area contributed by atoms with Crippen LogP contribution in [0.3, 0.4) is 0 Å². The van der Waals surface area contributed by atoms with Gasteiger partial charge in [0.15, 0.2) is 0 Å². The van der Waals surface area contributed by atoms with Crippen LogP contribution in [0.25, 0.3) is 0 Å². The Labute approximate surface area is 127 Å². The van der Waals surface area contributed by atoms with Crippen LogP contribution in [-0.2, 0) is 22.4 Å². The van der Waals surface area contributed by atoms with Gasteiger partial charge in [0.1, 0.15) is 0 Å². The number of nitrogens with zero attached hydrogens (tertiary/aromatic N) is 1. The smallest absolute Gasteiger partial charge is 0.306 e. The highest BCUT2D eigenvalue weighted by molar-refractivity contribution is 7.09. The van der Waals surface area contributed by atoms with E-state index in [2.05, 4.69) is 4.98 Å². The molecule has 2 rings (SSSR count). The zero-order valence-electron chi connectivity index (χ0n) is 11.3. The number of carbonyl (C=O) groups is 1. The predicted molar refractivity (Wildman–Crippen MR) is 81.3 cm³/mol. The van der Waals surface area contributed by atoms with Gasteiger partial charge in [0.05, 0.1) is 23.7 Å². The van der Waals surface area contributed by atoms with Crippen LogP contribution in [0.15, 0.2) is 29.6 Å². The second-order valence-electron chi connectivity index (χ2n) is 4.34. The molecule has 0 saturated carbocycles. The normalized spacial score (nSPS) is 10.5. The second-order valence-corrected chi connectivity index (χ2v) is 5.72. The fourth-order valence-electron chi connectivity index (χ4n) is 1.79. The van der Waals surface area contributed by atoms with Crippen LogP contribution in [0.1, 0.15) is 29.6 Å². The lowest BCUT2D eigenvalue weighted by atomic mass is 10.2. The second kappa shape index (κ2) is 7.41. The molecule has 0 spiro atoms. The fourth-order valence-corrected chi connectivity index (χ4v) is 2.77. The number of aromatic nitrogens is 1. The quantitative estimate of drug-likeness (QED) is 0.760. The average molecular weight is 310 g/mol. The first-order valence-corrected chi connectivity index (χ1v) is 7.76. The Morgan fingerprint density at radius 2 is 2.10 bits per heavy atom. The van der Waals surface area contributed by atoms with E-state index in [0.29, 0.717) is 19.4 Å². The van der Waals surface area contributed by atoms with Gasteiger partial charge in [-0.15, -0.1) is 11.3 Å². The van der Waals surface area contributed by atoms with Crippen LogP contribution in [0.2, 0.25) is 5.02 Å². The molecular formula is C15H16ClNO2S. The molecule has 0 N–H and O–H groups in total. The molecule has 2 aromatic rings. The summed E-state index contributed by atoms with van der Waals surface area (Å²) in [6, 6.07) is 7.77. The monoisotopic (exact) mass is 309 g/mol. The topological polar surface area (TPSA) is 39.2 Å². The molecule has 106 valence electrons. The summed E-state index contributed by atoms with van der Waals surface area (Å²) >= 11 is 7.48. The number of thiazole rings is 1. The zero-order valence-corrected chi connectivity index (χ0v) is 12.8. The van der Waals surface area contributed by atoms with Gasteiger partial charge >= 0.3 is 5.97 Å². The van der Waals surface area contributed by atoms with Gasteiger partial charge in [0.2, 0.25) is 0 Å². The highest BCUT2D eigenvalue weighted by Gasteiger charge is 2.07.